The zero-order valence-electron chi connectivity index (χ0n) is 19.8. The quantitative estimate of drug-likeness (QED) is 0.318. The normalized spacial score (nSPS) is 17.3. The summed E-state index contributed by atoms with van der Waals surface area (Å²) in [5, 5.41) is 10.5. The van der Waals surface area contributed by atoms with Crippen LogP contribution in [-0.4, -0.2) is 91.4 Å². The van der Waals surface area contributed by atoms with Crippen molar-refractivity contribution in [3.8, 4) is 0 Å². The van der Waals surface area contributed by atoms with Crippen molar-refractivity contribution in [3.05, 3.63) is 0 Å². The van der Waals surface area contributed by atoms with Gasteiger partial charge in [-0.15, -0.1) is 0 Å². The van der Waals surface area contributed by atoms with E-state index in [4.69, 9.17) is 5.73 Å². The van der Waals surface area contributed by atoms with Gasteiger partial charge in [-0.2, -0.15) is 0 Å². The van der Waals surface area contributed by atoms with Gasteiger partial charge in [-0.1, -0.05) is 71.6 Å². The Morgan fingerprint density at radius 3 is 1.90 bits per heavy atom. The largest absolute Gasteiger partial charge is 0.392 e. The molecule has 29 heavy (non-hydrogen) atoms. The van der Waals surface area contributed by atoms with Gasteiger partial charge in [0.15, 0.2) is 0 Å². The zero-order chi connectivity index (χ0) is 21.2. The number of hydrogen-bond donors (Lipinski definition) is 2. The van der Waals surface area contributed by atoms with Gasteiger partial charge in [0, 0.05) is 58.9 Å². The first-order chi connectivity index (χ1) is 14.2. The summed E-state index contributed by atoms with van der Waals surface area (Å²) in [6, 6.07) is 0. The van der Waals surface area contributed by atoms with E-state index < -0.39 is 0 Å². The summed E-state index contributed by atoms with van der Waals surface area (Å²) in [6.07, 6.45) is 13.9. The second-order valence-corrected chi connectivity index (χ2v) is 9.04. The predicted octanol–water partition coefficient (Wildman–Crippen LogP) is 3.56. The number of nitrogens with two attached hydrogens (primary N) is 1. The van der Waals surface area contributed by atoms with Crippen molar-refractivity contribution in [2.75, 3.05) is 65.4 Å². The molecule has 0 aromatic heterocycles. The molecule has 3 N–H and O–H groups in total. The molecule has 1 rings (SSSR count). The fourth-order valence-corrected chi connectivity index (χ4v) is 4.28. The van der Waals surface area contributed by atoms with E-state index in [2.05, 4.69) is 28.5 Å². The van der Waals surface area contributed by atoms with E-state index >= 15 is 0 Å². The van der Waals surface area contributed by atoms with Crippen molar-refractivity contribution in [1.82, 2.24) is 14.7 Å². The third kappa shape index (κ3) is 14.4. The molecule has 0 aliphatic carbocycles. The highest BCUT2D eigenvalue weighted by atomic mass is 16.3. The lowest BCUT2D eigenvalue weighted by Gasteiger charge is -2.36. The topological polar surface area (TPSA) is 56.0 Å². The van der Waals surface area contributed by atoms with E-state index in [-0.39, 0.29) is 6.10 Å². The second kappa shape index (κ2) is 18.6. The maximum Gasteiger partial charge on any atom is 0.0667 e. The van der Waals surface area contributed by atoms with Gasteiger partial charge in [0.25, 0.3) is 0 Å². The van der Waals surface area contributed by atoms with Gasteiger partial charge in [-0.25, -0.2) is 0 Å². The van der Waals surface area contributed by atoms with Crippen LogP contribution in [0.15, 0.2) is 0 Å². The maximum atomic E-state index is 10.5. The Labute approximate surface area is 182 Å². The lowest BCUT2D eigenvalue weighted by Crippen LogP contribution is -2.49. The molecule has 0 amide bonds. The number of aliphatic hydroxyl groups excluding tert-OH is 1. The molecule has 1 aliphatic rings. The van der Waals surface area contributed by atoms with Crippen LogP contribution in [0.4, 0.5) is 0 Å². The Morgan fingerprint density at radius 1 is 0.759 bits per heavy atom. The van der Waals surface area contributed by atoms with Gasteiger partial charge in [0.1, 0.15) is 0 Å². The van der Waals surface area contributed by atoms with Crippen molar-refractivity contribution in [3.63, 3.8) is 0 Å². The number of hydrogen-bond acceptors (Lipinski definition) is 5. The highest BCUT2D eigenvalue weighted by Gasteiger charge is 2.18. The van der Waals surface area contributed by atoms with Gasteiger partial charge in [0.05, 0.1) is 6.10 Å². The van der Waals surface area contributed by atoms with Crippen LogP contribution < -0.4 is 5.73 Å². The SMILES string of the molecule is CCCCCCCCCCC(O)CN(CCN)CCN1CCN(CCCC)CC1. The minimum Gasteiger partial charge on any atom is -0.392 e. The summed E-state index contributed by atoms with van der Waals surface area (Å²) in [5.74, 6) is 0. The van der Waals surface area contributed by atoms with E-state index in [1.165, 1.54) is 90.5 Å². The maximum absolute atomic E-state index is 10.5. The Hall–Kier alpha value is -0.200. The molecule has 0 saturated carbocycles. The molecular weight excluding hydrogens is 360 g/mol. The molecule has 5 heteroatoms. The van der Waals surface area contributed by atoms with Gasteiger partial charge in [0.2, 0.25) is 0 Å². The number of aliphatic hydroxyl groups is 1. The van der Waals surface area contributed by atoms with Crippen molar-refractivity contribution in [1.29, 1.82) is 0 Å². The van der Waals surface area contributed by atoms with E-state index in [1.807, 2.05) is 0 Å². The van der Waals surface area contributed by atoms with Crippen LogP contribution in [0, 0.1) is 0 Å². The minimum atomic E-state index is -0.201. The highest BCUT2D eigenvalue weighted by Crippen LogP contribution is 2.11. The van der Waals surface area contributed by atoms with Crippen LogP contribution in [-0.2, 0) is 0 Å². The molecule has 0 spiro atoms. The lowest BCUT2D eigenvalue weighted by atomic mass is 10.1. The van der Waals surface area contributed by atoms with Crippen LogP contribution in [0.3, 0.4) is 0 Å². The average molecular weight is 413 g/mol. The van der Waals surface area contributed by atoms with Gasteiger partial charge in [-0.05, 0) is 19.4 Å². The summed E-state index contributed by atoms with van der Waals surface area (Å²) >= 11 is 0. The fraction of sp³-hybridized carbons (Fsp3) is 1.00. The first-order valence-corrected chi connectivity index (χ1v) is 12.7. The molecule has 5 nitrogen and oxygen atoms in total. The van der Waals surface area contributed by atoms with Crippen molar-refractivity contribution in [2.24, 2.45) is 5.73 Å². The van der Waals surface area contributed by atoms with Gasteiger partial charge in [-0.3, -0.25) is 9.80 Å². The van der Waals surface area contributed by atoms with Crippen molar-refractivity contribution >= 4 is 0 Å². The number of piperazine rings is 1. The minimum absolute atomic E-state index is 0.201. The molecule has 1 aliphatic heterocycles. The molecule has 1 heterocycles. The van der Waals surface area contributed by atoms with Crippen LogP contribution in [0.2, 0.25) is 0 Å². The second-order valence-electron chi connectivity index (χ2n) is 9.04. The monoisotopic (exact) mass is 412 g/mol. The molecule has 1 unspecified atom stereocenters. The summed E-state index contributed by atoms with van der Waals surface area (Å²) in [4.78, 5) is 7.56. The molecule has 0 bridgehead atoms. The van der Waals surface area contributed by atoms with E-state index in [0.29, 0.717) is 6.54 Å². The molecule has 0 aromatic carbocycles. The molecule has 0 aromatic rings. The fourth-order valence-electron chi connectivity index (χ4n) is 4.28. The highest BCUT2D eigenvalue weighted by molar-refractivity contribution is 4.74. The lowest BCUT2D eigenvalue weighted by molar-refractivity contribution is 0.0846. The summed E-state index contributed by atoms with van der Waals surface area (Å²) in [7, 11) is 0. The molecule has 174 valence electrons. The Balaban J connectivity index is 2.11. The van der Waals surface area contributed by atoms with Crippen LogP contribution in [0.5, 0.6) is 0 Å². The third-order valence-electron chi connectivity index (χ3n) is 6.33. The van der Waals surface area contributed by atoms with E-state index in [1.54, 1.807) is 0 Å². The Kier molecular flexibility index (Phi) is 17.2. The number of nitrogens with zero attached hydrogens (tertiary/aromatic N) is 3. The average Bonchev–Trinajstić information content (AvgIpc) is 2.73. The standard InChI is InChI=1S/C24H52N4O/c1-3-5-7-8-9-10-11-12-13-24(29)23-28(16-14-25)22-21-27-19-17-26(18-20-27)15-6-4-2/h24,29H,3-23,25H2,1-2H3. The van der Waals surface area contributed by atoms with Crippen molar-refractivity contribution < 1.29 is 5.11 Å². The molecule has 1 fully saturated rings. The predicted molar refractivity (Wildman–Crippen MR) is 127 cm³/mol. The van der Waals surface area contributed by atoms with Crippen LogP contribution in [0.1, 0.15) is 84.5 Å². The Morgan fingerprint density at radius 2 is 1.31 bits per heavy atom. The first kappa shape index (κ1) is 26.8. The van der Waals surface area contributed by atoms with E-state index in [0.717, 1.165) is 39.0 Å². The van der Waals surface area contributed by atoms with Crippen LogP contribution in [0.25, 0.3) is 0 Å². The third-order valence-corrected chi connectivity index (χ3v) is 6.33. The zero-order valence-corrected chi connectivity index (χ0v) is 19.8. The summed E-state index contributed by atoms with van der Waals surface area (Å²) < 4.78 is 0. The summed E-state index contributed by atoms with van der Waals surface area (Å²) in [5.41, 5.74) is 5.82. The number of rotatable bonds is 19. The Bertz CT molecular complexity index is 348. The summed E-state index contributed by atoms with van der Waals surface area (Å²) in [6.45, 7) is 15.1. The smallest absolute Gasteiger partial charge is 0.0667 e. The molecule has 0 radical (unpaired) electrons. The van der Waals surface area contributed by atoms with E-state index in [9.17, 15) is 5.11 Å². The van der Waals surface area contributed by atoms with Gasteiger partial charge >= 0.3 is 0 Å². The van der Waals surface area contributed by atoms with Crippen molar-refractivity contribution in [2.45, 2.75) is 90.6 Å². The molecular formula is C24H52N4O. The van der Waals surface area contributed by atoms with Gasteiger partial charge < -0.3 is 15.7 Å². The molecule has 1 atom stereocenters. The molecule has 1 saturated heterocycles. The van der Waals surface area contributed by atoms with Crippen LogP contribution >= 0.6 is 0 Å². The number of unbranched alkanes of at least 4 members (excludes halogenated alkanes) is 8. The first-order valence-electron chi connectivity index (χ1n) is 12.7.